The molecule has 0 radical (unpaired) electrons. The van der Waals surface area contributed by atoms with Crippen molar-refractivity contribution in [1.29, 1.82) is 0 Å². The summed E-state index contributed by atoms with van der Waals surface area (Å²) in [5.41, 5.74) is 2.01. The molecule has 1 aromatic heterocycles. The SMILES string of the molecule is O=c1cc(-c2ccccc2Cl)oc2ccc(CCl)cc12. The molecule has 0 N–H and O–H groups in total. The molecule has 3 rings (SSSR count). The van der Waals surface area contributed by atoms with Gasteiger partial charge in [0.25, 0.3) is 0 Å². The molecule has 2 nitrogen and oxygen atoms in total. The molecule has 0 bridgehead atoms. The topological polar surface area (TPSA) is 30.2 Å². The fraction of sp³-hybridized carbons (Fsp3) is 0.0625. The molecule has 0 aliphatic heterocycles. The van der Waals surface area contributed by atoms with Gasteiger partial charge in [-0.15, -0.1) is 11.6 Å². The summed E-state index contributed by atoms with van der Waals surface area (Å²) >= 11 is 11.9. The summed E-state index contributed by atoms with van der Waals surface area (Å²) in [4.78, 5) is 12.2. The minimum atomic E-state index is -0.104. The Balaban J connectivity index is 2.26. The molecule has 100 valence electrons. The summed E-state index contributed by atoms with van der Waals surface area (Å²) in [5, 5.41) is 1.08. The van der Waals surface area contributed by atoms with Crippen LogP contribution in [0, 0.1) is 0 Å². The molecule has 0 saturated carbocycles. The molecule has 4 heteroatoms. The molecule has 0 fully saturated rings. The van der Waals surface area contributed by atoms with Crippen molar-refractivity contribution in [1.82, 2.24) is 0 Å². The molecule has 0 atom stereocenters. The van der Waals surface area contributed by atoms with Gasteiger partial charge >= 0.3 is 0 Å². The maximum atomic E-state index is 12.2. The third-order valence-corrected chi connectivity index (χ3v) is 3.72. The number of rotatable bonds is 2. The molecule has 0 aliphatic carbocycles. The van der Waals surface area contributed by atoms with E-state index in [-0.39, 0.29) is 5.43 Å². The van der Waals surface area contributed by atoms with E-state index in [9.17, 15) is 4.79 Å². The van der Waals surface area contributed by atoms with Gasteiger partial charge in [-0.3, -0.25) is 4.79 Å². The van der Waals surface area contributed by atoms with E-state index in [2.05, 4.69) is 0 Å². The highest BCUT2D eigenvalue weighted by atomic mass is 35.5. The highest BCUT2D eigenvalue weighted by Gasteiger charge is 2.09. The van der Waals surface area contributed by atoms with Crippen molar-refractivity contribution >= 4 is 34.2 Å². The molecular formula is C16H10Cl2O2. The Hall–Kier alpha value is -1.77. The Morgan fingerprint density at radius 1 is 1.05 bits per heavy atom. The van der Waals surface area contributed by atoms with Crippen molar-refractivity contribution in [3.8, 4) is 11.3 Å². The summed E-state index contributed by atoms with van der Waals surface area (Å²) in [6.07, 6.45) is 0. The average molecular weight is 305 g/mol. The molecule has 0 saturated heterocycles. The van der Waals surface area contributed by atoms with E-state index in [0.717, 1.165) is 5.56 Å². The first-order chi connectivity index (χ1) is 9.69. The normalized spacial score (nSPS) is 10.9. The van der Waals surface area contributed by atoms with Crippen molar-refractivity contribution in [3.63, 3.8) is 0 Å². The van der Waals surface area contributed by atoms with Gasteiger partial charge < -0.3 is 4.42 Å². The molecule has 0 aliphatic rings. The predicted molar refractivity (Wildman–Crippen MR) is 82.5 cm³/mol. The first-order valence-corrected chi connectivity index (χ1v) is 6.98. The maximum Gasteiger partial charge on any atom is 0.193 e. The number of hydrogen-bond acceptors (Lipinski definition) is 2. The van der Waals surface area contributed by atoms with Crippen LogP contribution in [-0.4, -0.2) is 0 Å². The predicted octanol–water partition coefficient (Wildman–Crippen LogP) is 4.85. The van der Waals surface area contributed by atoms with Crippen molar-refractivity contribution in [2.24, 2.45) is 0 Å². The third-order valence-electron chi connectivity index (χ3n) is 3.09. The van der Waals surface area contributed by atoms with Crippen molar-refractivity contribution < 1.29 is 4.42 Å². The van der Waals surface area contributed by atoms with Gasteiger partial charge in [0, 0.05) is 17.5 Å². The molecule has 0 unspecified atom stereocenters. The summed E-state index contributed by atoms with van der Waals surface area (Å²) in [6, 6.07) is 14.1. The second kappa shape index (κ2) is 5.31. The number of hydrogen-bond donors (Lipinski definition) is 0. The van der Waals surface area contributed by atoms with Crippen LogP contribution in [0.15, 0.2) is 57.7 Å². The molecular weight excluding hydrogens is 295 g/mol. The lowest BCUT2D eigenvalue weighted by Gasteiger charge is -2.05. The van der Waals surface area contributed by atoms with Crippen LogP contribution in [0.4, 0.5) is 0 Å². The van der Waals surface area contributed by atoms with Gasteiger partial charge in [-0.25, -0.2) is 0 Å². The smallest absolute Gasteiger partial charge is 0.193 e. The zero-order valence-corrected chi connectivity index (χ0v) is 11.9. The maximum absolute atomic E-state index is 12.2. The Bertz CT molecular complexity index is 837. The van der Waals surface area contributed by atoms with E-state index in [1.54, 1.807) is 18.2 Å². The average Bonchev–Trinajstić information content (AvgIpc) is 2.47. The molecule has 2 aromatic carbocycles. The molecule has 3 aromatic rings. The van der Waals surface area contributed by atoms with Gasteiger partial charge in [0.15, 0.2) is 5.43 Å². The van der Waals surface area contributed by atoms with Crippen LogP contribution in [0.5, 0.6) is 0 Å². The van der Waals surface area contributed by atoms with Gasteiger partial charge in [0.05, 0.1) is 10.4 Å². The second-order valence-corrected chi connectivity index (χ2v) is 5.09. The van der Waals surface area contributed by atoms with E-state index in [1.807, 2.05) is 24.3 Å². The standard InChI is InChI=1S/C16H10Cl2O2/c17-9-10-5-6-15-12(7-10)14(19)8-16(20-15)11-3-1-2-4-13(11)18/h1-8H,9H2. The van der Waals surface area contributed by atoms with Crippen molar-refractivity contribution in [2.45, 2.75) is 5.88 Å². The Labute approximate surface area is 125 Å². The van der Waals surface area contributed by atoms with E-state index in [1.165, 1.54) is 6.07 Å². The fourth-order valence-electron chi connectivity index (χ4n) is 2.08. The number of benzene rings is 2. The van der Waals surface area contributed by atoms with Crippen LogP contribution in [-0.2, 0) is 5.88 Å². The van der Waals surface area contributed by atoms with Crippen LogP contribution in [0.3, 0.4) is 0 Å². The number of fused-ring (bicyclic) bond motifs is 1. The summed E-state index contributed by atoms with van der Waals surface area (Å²) in [5.74, 6) is 0.827. The number of halogens is 2. The Morgan fingerprint density at radius 2 is 1.85 bits per heavy atom. The largest absolute Gasteiger partial charge is 0.456 e. The molecule has 0 amide bonds. The van der Waals surface area contributed by atoms with Crippen LogP contribution in [0.25, 0.3) is 22.3 Å². The lowest BCUT2D eigenvalue weighted by Crippen LogP contribution is -2.01. The van der Waals surface area contributed by atoms with Gasteiger partial charge in [-0.1, -0.05) is 29.8 Å². The van der Waals surface area contributed by atoms with Crippen molar-refractivity contribution in [2.75, 3.05) is 0 Å². The van der Waals surface area contributed by atoms with Crippen LogP contribution >= 0.6 is 23.2 Å². The van der Waals surface area contributed by atoms with Crippen LogP contribution < -0.4 is 5.43 Å². The highest BCUT2D eigenvalue weighted by molar-refractivity contribution is 6.33. The summed E-state index contributed by atoms with van der Waals surface area (Å²) < 4.78 is 5.78. The van der Waals surface area contributed by atoms with Crippen LogP contribution in [0.2, 0.25) is 5.02 Å². The molecule has 20 heavy (non-hydrogen) atoms. The van der Waals surface area contributed by atoms with E-state index in [4.69, 9.17) is 27.6 Å². The second-order valence-electron chi connectivity index (χ2n) is 4.42. The summed E-state index contributed by atoms with van der Waals surface area (Å²) in [7, 11) is 0. The Morgan fingerprint density at radius 3 is 2.60 bits per heavy atom. The van der Waals surface area contributed by atoms with Crippen molar-refractivity contribution in [3.05, 3.63) is 69.3 Å². The zero-order chi connectivity index (χ0) is 14.1. The monoisotopic (exact) mass is 304 g/mol. The molecule has 0 spiro atoms. The van der Waals surface area contributed by atoms with E-state index < -0.39 is 0 Å². The van der Waals surface area contributed by atoms with Gasteiger partial charge in [-0.05, 0) is 29.8 Å². The Kier molecular flexibility index (Phi) is 3.51. The van der Waals surface area contributed by atoms with Gasteiger partial charge in [-0.2, -0.15) is 0 Å². The first-order valence-electron chi connectivity index (χ1n) is 6.06. The quantitative estimate of drug-likeness (QED) is 0.633. The highest BCUT2D eigenvalue weighted by Crippen LogP contribution is 2.28. The van der Waals surface area contributed by atoms with E-state index in [0.29, 0.717) is 33.2 Å². The molecule has 1 heterocycles. The minimum absolute atomic E-state index is 0.104. The fourth-order valence-corrected chi connectivity index (χ4v) is 2.48. The van der Waals surface area contributed by atoms with Gasteiger partial charge in [0.2, 0.25) is 0 Å². The van der Waals surface area contributed by atoms with Crippen LogP contribution in [0.1, 0.15) is 5.56 Å². The number of alkyl halides is 1. The minimum Gasteiger partial charge on any atom is -0.456 e. The third kappa shape index (κ3) is 2.33. The van der Waals surface area contributed by atoms with E-state index >= 15 is 0 Å². The lowest BCUT2D eigenvalue weighted by molar-refractivity contribution is 0.619. The summed E-state index contributed by atoms with van der Waals surface area (Å²) in [6.45, 7) is 0. The first kappa shape index (κ1) is 13.2. The van der Waals surface area contributed by atoms with Gasteiger partial charge in [0.1, 0.15) is 11.3 Å². The lowest BCUT2D eigenvalue weighted by atomic mass is 10.1. The zero-order valence-electron chi connectivity index (χ0n) is 10.4.